The van der Waals surface area contributed by atoms with Crippen molar-refractivity contribution in [2.75, 3.05) is 0 Å². The molecule has 1 amide bonds. The van der Waals surface area contributed by atoms with Gasteiger partial charge in [-0.3, -0.25) is 9.59 Å². The number of nitrogens with zero attached hydrogens (tertiary/aromatic N) is 1. The molecule has 1 aliphatic heterocycles. The summed E-state index contributed by atoms with van der Waals surface area (Å²) in [6, 6.07) is -0.348. The standard InChI is InChI=1S/C25H38N2O4S/c1-15-11-9-7-8-10-12-19(16(2)20-14-32-18(4)26-20)27-22(29)13-21(28)25(5,6)24(31)17(3)23(15)30/h8,10,14-15,17,19,21,23,28,30H,2,7,9,11-13H2,1,3-6H3,(H,27,29)/b10-8+/t15-,17+,19?,21-,23-/m0/s1. The molecule has 32 heavy (non-hydrogen) atoms. The Morgan fingerprint density at radius 3 is 2.56 bits per heavy atom. The van der Waals surface area contributed by atoms with Gasteiger partial charge in [-0.15, -0.1) is 11.3 Å². The molecule has 0 bridgehead atoms. The average Bonchev–Trinajstić information content (AvgIpc) is 3.18. The summed E-state index contributed by atoms with van der Waals surface area (Å²) >= 11 is 1.53. The maximum atomic E-state index is 13.1. The molecule has 6 nitrogen and oxygen atoms in total. The molecule has 7 heteroatoms. The van der Waals surface area contributed by atoms with Crippen molar-refractivity contribution in [2.45, 2.75) is 85.0 Å². The minimum absolute atomic E-state index is 0.0353. The van der Waals surface area contributed by atoms with Crippen LogP contribution < -0.4 is 5.32 Å². The van der Waals surface area contributed by atoms with Crippen LogP contribution in [0.25, 0.3) is 5.57 Å². The van der Waals surface area contributed by atoms with Crippen LogP contribution in [0, 0.1) is 24.2 Å². The molecular weight excluding hydrogens is 424 g/mol. The van der Waals surface area contributed by atoms with E-state index in [2.05, 4.69) is 23.0 Å². The number of aliphatic hydroxyl groups excluding tert-OH is 2. The van der Waals surface area contributed by atoms with Crippen LogP contribution in [0.3, 0.4) is 0 Å². The summed E-state index contributed by atoms with van der Waals surface area (Å²) in [6.07, 6.45) is 5.07. The second-order valence-electron chi connectivity index (χ2n) is 9.60. The van der Waals surface area contributed by atoms with Crippen molar-refractivity contribution >= 4 is 28.6 Å². The number of carbonyl (C=O) groups excluding carboxylic acids is 2. The van der Waals surface area contributed by atoms with Crippen molar-refractivity contribution in [1.29, 1.82) is 0 Å². The number of ketones is 1. The number of nitrogens with one attached hydrogen (secondary N) is 1. The number of amides is 1. The van der Waals surface area contributed by atoms with Crippen molar-refractivity contribution in [3.05, 3.63) is 34.8 Å². The van der Waals surface area contributed by atoms with Crippen LogP contribution in [0.15, 0.2) is 24.1 Å². The predicted molar refractivity (Wildman–Crippen MR) is 129 cm³/mol. The van der Waals surface area contributed by atoms with Crippen LogP contribution in [0.4, 0.5) is 0 Å². The number of Topliss-reactive ketones (excluding diaryl/α,β-unsaturated/α-hetero) is 1. The zero-order valence-corrected chi connectivity index (χ0v) is 20.7. The Morgan fingerprint density at radius 2 is 1.94 bits per heavy atom. The zero-order valence-electron chi connectivity index (χ0n) is 19.9. The van der Waals surface area contributed by atoms with Gasteiger partial charge in [-0.25, -0.2) is 4.98 Å². The zero-order chi connectivity index (χ0) is 24.1. The number of aliphatic hydroxyl groups is 2. The molecule has 0 spiro atoms. The van der Waals surface area contributed by atoms with Crippen LogP contribution in [0.1, 0.15) is 70.5 Å². The van der Waals surface area contributed by atoms with Crippen molar-refractivity contribution in [2.24, 2.45) is 17.3 Å². The maximum absolute atomic E-state index is 13.1. The lowest BCUT2D eigenvalue weighted by molar-refractivity contribution is -0.143. The molecule has 0 saturated carbocycles. The largest absolute Gasteiger partial charge is 0.392 e. The van der Waals surface area contributed by atoms with Gasteiger partial charge in [-0.05, 0) is 44.1 Å². The third-order valence-corrected chi connectivity index (χ3v) is 7.40. The highest BCUT2D eigenvalue weighted by Gasteiger charge is 2.42. The van der Waals surface area contributed by atoms with Crippen LogP contribution in [-0.4, -0.2) is 45.1 Å². The van der Waals surface area contributed by atoms with Gasteiger partial charge in [0.1, 0.15) is 5.78 Å². The number of rotatable bonds is 2. The SMILES string of the molecule is C=C(c1csc(C)n1)C1C/C=C/CCC[C@H](C)[C@H](O)[C@@H](C)C(=O)C(C)(C)[C@@H](O)CC(=O)N1. The number of aryl methyl sites for hydroxylation is 1. The number of hydrogen-bond donors (Lipinski definition) is 3. The monoisotopic (exact) mass is 462 g/mol. The molecule has 0 aromatic carbocycles. The third-order valence-electron chi connectivity index (χ3n) is 6.63. The molecule has 1 unspecified atom stereocenters. The summed E-state index contributed by atoms with van der Waals surface area (Å²) in [5.41, 5.74) is 0.324. The fourth-order valence-corrected chi connectivity index (χ4v) is 4.78. The van der Waals surface area contributed by atoms with E-state index in [1.807, 2.05) is 25.3 Å². The van der Waals surface area contributed by atoms with Crippen molar-refractivity contribution in [3.63, 3.8) is 0 Å². The van der Waals surface area contributed by atoms with E-state index in [1.165, 1.54) is 11.3 Å². The Morgan fingerprint density at radius 1 is 1.25 bits per heavy atom. The lowest BCUT2D eigenvalue weighted by atomic mass is 9.73. The highest BCUT2D eigenvalue weighted by Crippen LogP contribution is 2.32. The van der Waals surface area contributed by atoms with Gasteiger partial charge in [0.2, 0.25) is 5.91 Å². The first kappa shape index (κ1) is 26.4. The van der Waals surface area contributed by atoms with E-state index >= 15 is 0 Å². The smallest absolute Gasteiger partial charge is 0.223 e. The fraction of sp³-hybridized carbons (Fsp3) is 0.640. The quantitative estimate of drug-likeness (QED) is 0.576. The topological polar surface area (TPSA) is 99.5 Å². The van der Waals surface area contributed by atoms with Gasteiger partial charge in [0, 0.05) is 11.3 Å². The van der Waals surface area contributed by atoms with Gasteiger partial charge in [0.25, 0.3) is 0 Å². The molecule has 5 atom stereocenters. The minimum Gasteiger partial charge on any atom is -0.392 e. The first-order valence-electron chi connectivity index (χ1n) is 11.4. The molecule has 1 aliphatic rings. The minimum atomic E-state index is -1.17. The van der Waals surface area contributed by atoms with E-state index in [0.717, 1.165) is 35.5 Å². The van der Waals surface area contributed by atoms with Crippen molar-refractivity contribution in [1.82, 2.24) is 10.3 Å². The number of carbonyl (C=O) groups is 2. The van der Waals surface area contributed by atoms with Gasteiger partial charge in [-0.2, -0.15) is 0 Å². The Bertz CT molecular complexity index is 845. The molecular formula is C25H38N2O4S. The van der Waals surface area contributed by atoms with Crippen LogP contribution in [0.2, 0.25) is 0 Å². The van der Waals surface area contributed by atoms with Gasteiger partial charge in [0.15, 0.2) is 0 Å². The summed E-state index contributed by atoms with van der Waals surface area (Å²) < 4.78 is 0. The summed E-state index contributed by atoms with van der Waals surface area (Å²) in [4.78, 5) is 30.4. The van der Waals surface area contributed by atoms with E-state index in [4.69, 9.17) is 0 Å². The Hall–Kier alpha value is -1.83. The molecule has 178 valence electrons. The fourth-order valence-electron chi connectivity index (χ4n) is 4.14. The maximum Gasteiger partial charge on any atom is 0.223 e. The van der Waals surface area contributed by atoms with Gasteiger partial charge in [-0.1, -0.05) is 46.4 Å². The second-order valence-corrected chi connectivity index (χ2v) is 10.7. The molecule has 2 rings (SSSR count). The molecule has 0 fully saturated rings. The molecule has 1 aromatic rings. The Balaban J connectivity index is 2.27. The number of hydrogen-bond acceptors (Lipinski definition) is 6. The van der Waals surface area contributed by atoms with E-state index in [9.17, 15) is 19.8 Å². The number of thiazole rings is 1. The van der Waals surface area contributed by atoms with E-state index in [1.54, 1.807) is 20.8 Å². The predicted octanol–water partition coefficient (Wildman–Crippen LogP) is 4.06. The van der Waals surface area contributed by atoms with E-state index in [0.29, 0.717) is 6.42 Å². The Kier molecular flexibility index (Phi) is 9.37. The van der Waals surface area contributed by atoms with E-state index in [-0.39, 0.29) is 30.1 Å². The summed E-state index contributed by atoms with van der Waals surface area (Å²) in [7, 11) is 0. The number of aromatic nitrogens is 1. The Labute approximate surface area is 195 Å². The van der Waals surface area contributed by atoms with Gasteiger partial charge in [0.05, 0.1) is 40.8 Å². The molecule has 0 aliphatic carbocycles. The third kappa shape index (κ3) is 6.59. The second kappa shape index (κ2) is 11.3. The van der Waals surface area contributed by atoms with Crippen molar-refractivity contribution < 1.29 is 19.8 Å². The first-order chi connectivity index (χ1) is 14.9. The molecule has 3 N–H and O–H groups in total. The van der Waals surface area contributed by atoms with Crippen molar-refractivity contribution in [3.8, 4) is 0 Å². The van der Waals surface area contributed by atoms with Gasteiger partial charge < -0.3 is 15.5 Å². The number of allylic oxidation sites excluding steroid dienone is 1. The van der Waals surface area contributed by atoms with Gasteiger partial charge >= 0.3 is 0 Å². The van der Waals surface area contributed by atoms with Crippen LogP contribution >= 0.6 is 11.3 Å². The molecule has 0 radical (unpaired) electrons. The molecule has 1 aromatic heterocycles. The first-order valence-corrected chi connectivity index (χ1v) is 12.3. The summed E-state index contributed by atoms with van der Waals surface area (Å²) in [5, 5.41) is 27.3. The lowest BCUT2D eigenvalue weighted by Gasteiger charge is -2.34. The normalized spacial score (nSPS) is 31.7. The summed E-state index contributed by atoms with van der Waals surface area (Å²) in [6.45, 7) is 13.0. The van der Waals surface area contributed by atoms with Crippen LogP contribution in [-0.2, 0) is 9.59 Å². The molecule has 2 heterocycles. The average molecular weight is 463 g/mol. The van der Waals surface area contributed by atoms with E-state index < -0.39 is 23.5 Å². The highest BCUT2D eigenvalue weighted by molar-refractivity contribution is 7.09. The lowest BCUT2D eigenvalue weighted by Crippen LogP contribution is -2.47. The summed E-state index contributed by atoms with van der Waals surface area (Å²) in [5.74, 6) is -1.24. The highest BCUT2D eigenvalue weighted by atomic mass is 32.1. The molecule has 0 saturated heterocycles. The van der Waals surface area contributed by atoms with Crippen LogP contribution in [0.5, 0.6) is 0 Å².